The molecule has 18 heavy (non-hydrogen) atoms. The van der Waals surface area contributed by atoms with Gasteiger partial charge >= 0.3 is 5.97 Å². The van der Waals surface area contributed by atoms with Crippen molar-refractivity contribution in [3.05, 3.63) is 11.8 Å². The standard InChI is InChI=1S/C10H14N2O6/c1-5(15)12-9-6(11-4-14)2-7(10(16)17)18-8(9)3-13/h2,4,6,8-9,13H,3H2,1H3,(H,11,14)(H,12,15)(H,16,17)/t6-,8-,9+/m0/s1. The van der Waals surface area contributed by atoms with Gasteiger partial charge in [-0.25, -0.2) is 4.79 Å². The van der Waals surface area contributed by atoms with Gasteiger partial charge in [0, 0.05) is 6.92 Å². The molecule has 8 nitrogen and oxygen atoms in total. The molecular formula is C10H14N2O6. The number of carbonyl (C=O) groups excluding carboxylic acids is 2. The molecule has 4 N–H and O–H groups in total. The van der Waals surface area contributed by atoms with Gasteiger partial charge < -0.3 is 25.6 Å². The second-order valence-electron chi connectivity index (χ2n) is 3.71. The number of carboxylic acid groups (broad SMARTS) is 1. The number of carbonyl (C=O) groups is 3. The van der Waals surface area contributed by atoms with E-state index in [0.29, 0.717) is 6.41 Å². The number of aliphatic hydroxyl groups is 1. The average Bonchev–Trinajstić information content (AvgIpc) is 2.30. The Balaban J connectivity index is 3.00. The van der Waals surface area contributed by atoms with Gasteiger partial charge in [0.25, 0.3) is 0 Å². The maximum atomic E-state index is 11.0. The molecule has 3 atom stereocenters. The lowest BCUT2D eigenvalue weighted by molar-refractivity contribution is -0.140. The fraction of sp³-hybridized carbons (Fsp3) is 0.500. The molecule has 1 aliphatic rings. The molecular weight excluding hydrogens is 244 g/mol. The number of aliphatic hydroxyl groups excluding tert-OH is 1. The summed E-state index contributed by atoms with van der Waals surface area (Å²) in [6, 6.07) is -1.50. The number of aliphatic carboxylic acids is 1. The van der Waals surface area contributed by atoms with E-state index in [9.17, 15) is 14.4 Å². The van der Waals surface area contributed by atoms with Crippen LogP contribution in [0.2, 0.25) is 0 Å². The zero-order valence-corrected chi connectivity index (χ0v) is 9.62. The summed E-state index contributed by atoms with van der Waals surface area (Å²) in [5.41, 5.74) is 0. The molecule has 1 rings (SSSR count). The third-order valence-corrected chi connectivity index (χ3v) is 2.42. The number of hydrogen-bond acceptors (Lipinski definition) is 5. The fourth-order valence-electron chi connectivity index (χ4n) is 1.69. The smallest absolute Gasteiger partial charge is 0.370 e. The summed E-state index contributed by atoms with van der Waals surface area (Å²) >= 11 is 0. The molecule has 0 fully saturated rings. The molecule has 0 aliphatic carbocycles. The Morgan fingerprint density at radius 3 is 2.67 bits per heavy atom. The first-order valence-corrected chi connectivity index (χ1v) is 5.19. The molecule has 0 radical (unpaired) electrons. The van der Waals surface area contributed by atoms with E-state index in [1.807, 2.05) is 0 Å². The van der Waals surface area contributed by atoms with Gasteiger partial charge in [-0.3, -0.25) is 9.59 Å². The molecule has 1 aliphatic heterocycles. The predicted octanol–water partition coefficient (Wildman–Crippen LogP) is -2.03. The molecule has 2 amide bonds. The van der Waals surface area contributed by atoms with E-state index >= 15 is 0 Å². The van der Waals surface area contributed by atoms with E-state index in [2.05, 4.69) is 10.6 Å². The Morgan fingerprint density at radius 1 is 1.56 bits per heavy atom. The van der Waals surface area contributed by atoms with Crippen LogP contribution in [0.1, 0.15) is 6.92 Å². The normalized spacial score (nSPS) is 26.6. The zero-order valence-electron chi connectivity index (χ0n) is 9.62. The van der Waals surface area contributed by atoms with Gasteiger partial charge in [0.05, 0.1) is 18.7 Å². The quantitative estimate of drug-likeness (QED) is 0.421. The highest BCUT2D eigenvalue weighted by Gasteiger charge is 2.36. The number of amides is 2. The van der Waals surface area contributed by atoms with Crippen LogP contribution < -0.4 is 10.6 Å². The van der Waals surface area contributed by atoms with Crippen LogP contribution >= 0.6 is 0 Å². The fourth-order valence-corrected chi connectivity index (χ4v) is 1.69. The summed E-state index contributed by atoms with van der Waals surface area (Å²) < 4.78 is 5.03. The monoisotopic (exact) mass is 258 g/mol. The van der Waals surface area contributed by atoms with Gasteiger partial charge in [0.2, 0.25) is 18.1 Å². The second-order valence-corrected chi connectivity index (χ2v) is 3.71. The Kier molecular flexibility index (Phi) is 4.67. The minimum absolute atomic E-state index is 0.380. The molecule has 0 bridgehead atoms. The van der Waals surface area contributed by atoms with Crippen LogP contribution in [0.5, 0.6) is 0 Å². The van der Waals surface area contributed by atoms with Crippen molar-refractivity contribution in [1.82, 2.24) is 10.6 Å². The van der Waals surface area contributed by atoms with E-state index in [4.69, 9.17) is 14.9 Å². The van der Waals surface area contributed by atoms with Crippen LogP contribution in [0, 0.1) is 0 Å². The van der Waals surface area contributed by atoms with Crippen molar-refractivity contribution in [3.8, 4) is 0 Å². The number of hydrogen-bond donors (Lipinski definition) is 4. The van der Waals surface area contributed by atoms with Gasteiger partial charge in [-0.15, -0.1) is 0 Å². The zero-order chi connectivity index (χ0) is 13.7. The minimum atomic E-state index is -1.31. The second kappa shape index (κ2) is 6.01. The molecule has 8 heteroatoms. The molecule has 0 saturated heterocycles. The van der Waals surface area contributed by atoms with Crippen LogP contribution in [-0.4, -0.2) is 53.3 Å². The topological polar surface area (TPSA) is 125 Å². The summed E-state index contributed by atoms with van der Waals surface area (Å²) in [6.07, 6.45) is 0.612. The van der Waals surface area contributed by atoms with E-state index in [-0.39, 0.29) is 11.7 Å². The third kappa shape index (κ3) is 3.20. The summed E-state index contributed by atoms with van der Waals surface area (Å²) in [7, 11) is 0. The summed E-state index contributed by atoms with van der Waals surface area (Å²) in [5.74, 6) is -2.07. The van der Waals surface area contributed by atoms with Crippen molar-refractivity contribution in [2.24, 2.45) is 0 Å². The highest BCUT2D eigenvalue weighted by atomic mass is 16.5. The maximum Gasteiger partial charge on any atom is 0.370 e. The lowest BCUT2D eigenvalue weighted by Crippen LogP contribution is -2.58. The lowest BCUT2D eigenvalue weighted by atomic mass is 9.98. The summed E-state index contributed by atoms with van der Waals surface area (Å²) in [6.45, 7) is 0.773. The first kappa shape index (κ1) is 14.0. The third-order valence-electron chi connectivity index (χ3n) is 2.42. The Hall–Kier alpha value is -2.09. The molecule has 0 aromatic rings. The van der Waals surface area contributed by atoms with Crippen molar-refractivity contribution < 1.29 is 29.3 Å². The Bertz CT molecular complexity index is 381. The number of nitrogens with one attached hydrogen (secondary N) is 2. The molecule has 0 saturated carbocycles. The average molecular weight is 258 g/mol. The highest BCUT2D eigenvalue weighted by Crippen LogP contribution is 2.18. The molecule has 0 aromatic heterocycles. The number of carboxylic acids is 1. The van der Waals surface area contributed by atoms with Crippen LogP contribution in [0.3, 0.4) is 0 Å². The Morgan fingerprint density at radius 2 is 2.22 bits per heavy atom. The van der Waals surface area contributed by atoms with Gasteiger partial charge in [-0.1, -0.05) is 0 Å². The molecule has 0 aromatic carbocycles. The first-order valence-electron chi connectivity index (χ1n) is 5.19. The van der Waals surface area contributed by atoms with Gasteiger partial charge in [0.1, 0.15) is 6.10 Å². The minimum Gasteiger partial charge on any atom is -0.479 e. The van der Waals surface area contributed by atoms with Crippen molar-refractivity contribution >= 4 is 18.3 Å². The predicted molar refractivity (Wildman–Crippen MR) is 58.3 cm³/mol. The van der Waals surface area contributed by atoms with Crippen molar-refractivity contribution in [2.45, 2.75) is 25.1 Å². The number of rotatable bonds is 5. The molecule has 1 heterocycles. The van der Waals surface area contributed by atoms with Crippen LogP contribution in [0.15, 0.2) is 11.8 Å². The van der Waals surface area contributed by atoms with Crippen LogP contribution in [-0.2, 0) is 19.1 Å². The first-order chi connectivity index (χ1) is 8.49. The SMILES string of the molecule is CC(=O)N[C@@H]1[C@@H](NC=O)C=C(C(=O)O)O[C@H]1CO. The summed E-state index contributed by atoms with van der Waals surface area (Å²) in [4.78, 5) is 32.3. The van der Waals surface area contributed by atoms with Crippen molar-refractivity contribution in [1.29, 1.82) is 0 Å². The van der Waals surface area contributed by atoms with E-state index in [1.165, 1.54) is 13.0 Å². The van der Waals surface area contributed by atoms with Crippen LogP contribution in [0.4, 0.5) is 0 Å². The van der Waals surface area contributed by atoms with Crippen molar-refractivity contribution in [2.75, 3.05) is 6.61 Å². The molecule has 100 valence electrons. The van der Waals surface area contributed by atoms with E-state index < -0.39 is 30.8 Å². The molecule has 0 unspecified atom stereocenters. The highest BCUT2D eigenvalue weighted by molar-refractivity contribution is 5.85. The maximum absolute atomic E-state index is 11.0. The van der Waals surface area contributed by atoms with Gasteiger partial charge in [-0.05, 0) is 6.08 Å². The van der Waals surface area contributed by atoms with E-state index in [0.717, 1.165) is 0 Å². The largest absolute Gasteiger partial charge is 0.479 e. The summed E-state index contributed by atoms with van der Waals surface area (Å²) in [5, 5.41) is 22.8. The van der Waals surface area contributed by atoms with Crippen molar-refractivity contribution in [3.63, 3.8) is 0 Å². The lowest BCUT2D eigenvalue weighted by Gasteiger charge is -2.35. The van der Waals surface area contributed by atoms with Gasteiger partial charge in [-0.2, -0.15) is 0 Å². The van der Waals surface area contributed by atoms with E-state index in [1.54, 1.807) is 0 Å². The molecule has 0 spiro atoms. The van der Waals surface area contributed by atoms with Crippen LogP contribution in [0.25, 0.3) is 0 Å². The Labute approximate surface area is 103 Å². The number of ether oxygens (including phenoxy) is 1. The van der Waals surface area contributed by atoms with Gasteiger partial charge in [0.15, 0.2) is 0 Å².